The lowest BCUT2D eigenvalue weighted by Crippen LogP contribution is -2.43. The number of ether oxygens (including phenoxy) is 1. The van der Waals surface area contributed by atoms with Crippen molar-refractivity contribution in [3.8, 4) is 11.8 Å². The first-order valence-corrected chi connectivity index (χ1v) is 5.75. The van der Waals surface area contributed by atoms with E-state index in [0.717, 1.165) is 16.7 Å². The summed E-state index contributed by atoms with van der Waals surface area (Å²) in [5, 5.41) is 13.0. The smallest absolute Gasteiger partial charge is 0.137 e. The molecule has 0 aliphatic rings. The Kier molecular flexibility index (Phi) is 3.45. The molecule has 4 heteroatoms. The molecular formula is C14H15N3O. The molecule has 1 atom stereocenters. The molecule has 2 aromatic rings. The Balaban J connectivity index is 2.25. The molecule has 0 spiro atoms. The predicted octanol–water partition coefficient (Wildman–Crippen LogP) is 2.12. The zero-order valence-corrected chi connectivity index (χ0v) is 10.5. The van der Waals surface area contributed by atoms with Crippen LogP contribution in [0.5, 0.6) is 5.75 Å². The van der Waals surface area contributed by atoms with Gasteiger partial charge in [-0.25, -0.2) is 0 Å². The Bertz CT molecular complexity index is 586. The highest BCUT2D eigenvalue weighted by Gasteiger charge is 2.22. The highest BCUT2D eigenvalue weighted by molar-refractivity contribution is 5.84. The maximum Gasteiger partial charge on any atom is 0.137 e. The summed E-state index contributed by atoms with van der Waals surface area (Å²) in [6.45, 7) is 2.09. The van der Waals surface area contributed by atoms with E-state index in [4.69, 9.17) is 10.00 Å². The largest absolute Gasteiger partial charge is 0.490 e. The maximum absolute atomic E-state index is 9.07. The molecule has 1 unspecified atom stereocenters. The van der Waals surface area contributed by atoms with Crippen LogP contribution in [-0.4, -0.2) is 24.2 Å². The summed E-state index contributed by atoms with van der Waals surface area (Å²) in [5.41, 5.74) is 0.197. The summed E-state index contributed by atoms with van der Waals surface area (Å²) >= 11 is 0. The first kappa shape index (κ1) is 12.3. The second kappa shape index (κ2) is 5.03. The fourth-order valence-electron chi connectivity index (χ4n) is 1.58. The zero-order chi connectivity index (χ0) is 13.0. The molecule has 0 radical (unpaired) electrons. The van der Waals surface area contributed by atoms with Crippen molar-refractivity contribution in [1.82, 2.24) is 10.3 Å². The molecule has 0 amide bonds. The van der Waals surface area contributed by atoms with E-state index >= 15 is 0 Å². The fraction of sp³-hybridized carbons (Fsp3) is 0.286. The van der Waals surface area contributed by atoms with Crippen LogP contribution in [0.15, 0.2) is 36.5 Å². The van der Waals surface area contributed by atoms with Gasteiger partial charge in [0.25, 0.3) is 0 Å². The van der Waals surface area contributed by atoms with Crippen LogP contribution in [0.4, 0.5) is 0 Å². The fourth-order valence-corrected chi connectivity index (χ4v) is 1.58. The number of benzene rings is 1. The summed E-state index contributed by atoms with van der Waals surface area (Å²) in [7, 11) is 1.75. The minimum atomic E-state index is -0.690. The van der Waals surface area contributed by atoms with Crippen molar-refractivity contribution in [2.45, 2.75) is 12.5 Å². The van der Waals surface area contributed by atoms with Crippen LogP contribution in [0.2, 0.25) is 0 Å². The number of fused-ring (bicyclic) bond motifs is 1. The topological polar surface area (TPSA) is 57.9 Å². The molecule has 1 N–H and O–H groups in total. The lowest BCUT2D eigenvalue weighted by atomic mass is 10.1. The summed E-state index contributed by atoms with van der Waals surface area (Å²) in [6.07, 6.45) is 1.75. The summed E-state index contributed by atoms with van der Waals surface area (Å²) in [6, 6.07) is 11.7. The van der Waals surface area contributed by atoms with Gasteiger partial charge in [0.15, 0.2) is 0 Å². The summed E-state index contributed by atoms with van der Waals surface area (Å²) < 4.78 is 5.74. The average Bonchev–Trinajstić information content (AvgIpc) is 2.44. The van der Waals surface area contributed by atoms with Gasteiger partial charge in [0.1, 0.15) is 17.9 Å². The van der Waals surface area contributed by atoms with Crippen LogP contribution in [0.3, 0.4) is 0 Å². The van der Waals surface area contributed by atoms with Gasteiger partial charge < -0.3 is 4.74 Å². The van der Waals surface area contributed by atoms with Crippen molar-refractivity contribution in [1.29, 1.82) is 5.26 Å². The molecule has 92 valence electrons. The molecule has 2 rings (SSSR count). The highest BCUT2D eigenvalue weighted by atomic mass is 16.5. The Morgan fingerprint density at radius 3 is 2.94 bits per heavy atom. The lowest BCUT2D eigenvalue weighted by Gasteiger charge is -2.21. The van der Waals surface area contributed by atoms with Crippen molar-refractivity contribution in [3.63, 3.8) is 0 Å². The minimum absolute atomic E-state index is 0.286. The molecule has 1 heterocycles. The third kappa shape index (κ3) is 2.41. The molecule has 0 saturated heterocycles. The van der Waals surface area contributed by atoms with Crippen LogP contribution < -0.4 is 10.1 Å². The molecule has 4 nitrogen and oxygen atoms in total. The Labute approximate surface area is 106 Å². The van der Waals surface area contributed by atoms with Gasteiger partial charge in [-0.1, -0.05) is 6.07 Å². The standard InChI is InChI=1S/C14H15N3O/c1-14(9-15,16-2)10-18-13-7-3-6-12-11(13)5-4-8-17-12/h3-8,16H,10H2,1-2H3. The van der Waals surface area contributed by atoms with E-state index in [-0.39, 0.29) is 6.61 Å². The minimum Gasteiger partial charge on any atom is -0.490 e. The number of pyridine rings is 1. The number of nitrogens with one attached hydrogen (secondary N) is 1. The van der Waals surface area contributed by atoms with Crippen molar-refractivity contribution in [3.05, 3.63) is 36.5 Å². The number of aromatic nitrogens is 1. The molecule has 1 aromatic carbocycles. The second-order valence-corrected chi connectivity index (χ2v) is 4.31. The SMILES string of the molecule is CNC(C)(C#N)COc1cccc2ncccc12. The van der Waals surface area contributed by atoms with Crippen molar-refractivity contribution >= 4 is 10.9 Å². The monoisotopic (exact) mass is 241 g/mol. The molecule has 0 aliphatic heterocycles. The van der Waals surface area contributed by atoms with Crippen LogP contribution in [0.1, 0.15) is 6.92 Å². The molecule has 0 aliphatic carbocycles. The first-order valence-electron chi connectivity index (χ1n) is 5.75. The zero-order valence-electron chi connectivity index (χ0n) is 10.5. The van der Waals surface area contributed by atoms with E-state index in [9.17, 15) is 0 Å². The van der Waals surface area contributed by atoms with E-state index in [1.807, 2.05) is 30.3 Å². The van der Waals surface area contributed by atoms with E-state index < -0.39 is 5.54 Å². The van der Waals surface area contributed by atoms with Gasteiger partial charge in [-0.05, 0) is 38.2 Å². The number of hydrogen-bond acceptors (Lipinski definition) is 4. The van der Waals surface area contributed by atoms with Gasteiger partial charge >= 0.3 is 0 Å². The van der Waals surface area contributed by atoms with E-state index in [2.05, 4.69) is 16.4 Å². The third-order valence-electron chi connectivity index (χ3n) is 2.92. The van der Waals surface area contributed by atoms with Gasteiger partial charge in [0.05, 0.1) is 11.6 Å². The maximum atomic E-state index is 9.07. The molecule has 0 fully saturated rings. The summed E-state index contributed by atoms with van der Waals surface area (Å²) in [5.74, 6) is 0.748. The van der Waals surface area contributed by atoms with Crippen LogP contribution >= 0.6 is 0 Å². The predicted molar refractivity (Wildman–Crippen MR) is 70.3 cm³/mol. The number of nitrogens with zero attached hydrogens (tertiary/aromatic N) is 2. The quantitative estimate of drug-likeness (QED) is 0.890. The molecular weight excluding hydrogens is 226 g/mol. The van der Waals surface area contributed by atoms with Gasteiger partial charge in [-0.2, -0.15) is 5.26 Å². The van der Waals surface area contributed by atoms with Crippen molar-refractivity contribution in [2.24, 2.45) is 0 Å². The van der Waals surface area contributed by atoms with Gasteiger partial charge in [0, 0.05) is 11.6 Å². The Morgan fingerprint density at radius 2 is 2.22 bits per heavy atom. The number of hydrogen-bond donors (Lipinski definition) is 1. The van der Waals surface area contributed by atoms with Gasteiger partial charge in [0.2, 0.25) is 0 Å². The van der Waals surface area contributed by atoms with E-state index in [0.29, 0.717) is 0 Å². The Morgan fingerprint density at radius 1 is 1.39 bits per heavy atom. The highest BCUT2D eigenvalue weighted by Crippen LogP contribution is 2.24. The molecule has 0 bridgehead atoms. The number of nitriles is 1. The molecule has 18 heavy (non-hydrogen) atoms. The average molecular weight is 241 g/mol. The molecule has 0 saturated carbocycles. The van der Waals surface area contributed by atoms with Crippen molar-refractivity contribution in [2.75, 3.05) is 13.7 Å². The normalized spacial score (nSPS) is 13.8. The van der Waals surface area contributed by atoms with Gasteiger partial charge in [-0.15, -0.1) is 0 Å². The van der Waals surface area contributed by atoms with E-state index in [1.165, 1.54) is 0 Å². The van der Waals surface area contributed by atoms with E-state index in [1.54, 1.807) is 20.2 Å². The third-order valence-corrected chi connectivity index (χ3v) is 2.92. The van der Waals surface area contributed by atoms with Gasteiger partial charge in [-0.3, -0.25) is 10.3 Å². The Hall–Kier alpha value is -2.12. The number of likely N-dealkylation sites (N-methyl/N-ethyl adjacent to an activating group) is 1. The summed E-state index contributed by atoms with van der Waals surface area (Å²) in [4.78, 5) is 4.27. The van der Waals surface area contributed by atoms with Crippen molar-refractivity contribution < 1.29 is 4.74 Å². The number of rotatable bonds is 4. The second-order valence-electron chi connectivity index (χ2n) is 4.31. The lowest BCUT2D eigenvalue weighted by molar-refractivity contribution is 0.244. The molecule has 1 aromatic heterocycles. The first-order chi connectivity index (χ1) is 8.68. The van der Waals surface area contributed by atoms with Crippen LogP contribution in [-0.2, 0) is 0 Å². The van der Waals surface area contributed by atoms with Crippen LogP contribution in [0, 0.1) is 11.3 Å². The van der Waals surface area contributed by atoms with Crippen LogP contribution in [0.25, 0.3) is 10.9 Å².